The molecule has 0 bridgehead atoms. The molecule has 2 aromatic carbocycles. The lowest BCUT2D eigenvalue weighted by Crippen LogP contribution is -2.48. The predicted molar refractivity (Wildman–Crippen MR) is 123 cm³/mol. The highest BCUT2D eigenvalue weighted by Crippen LogP contribution is 2.32. The van der Waals surface area contributed by atoms with Crippen molar-refractivity contribution in [3.63, 3.8) is 0 Å². The number of nitrogens with one attached hydrogen (secondary N) is 1. The van der Waals surface area contributed by atoms with Crippen molar-refractivity contribution < 1.29 is 14.3 Å². The van der Waals surface area contributed by atoms with E-state index in [2.05, 4.69) is 39.1 Å². The molecule has 5 heteroatoms. The molecule has 1 aliphatic heterocycles. The standard InChI is InChI=1S/C26H34N2O3/c1-19-10-11-23(22(16-19)26(2,3)4)31-18-25(30)28-14-12-21(13-15-28)27-24(29)17-20-8-6-5-7-9-20/h5-11,16,21H,12-15,17-18H2,1-4H3,(H,27,29). The number of hydrogen-bond donors (Lipinski definition) is 1. The third-order valence-corrected chi connectivity index (χ3v) is 5.71. The number of likely N-dealkylation sites (tertiary alicyclic amines) is 1. The third kappa shape index (κ3) is 6.58. The van der Waals surface area contributed by atoms with Gasteiger partial charge in [0, 0.05) is 19.1 Å². The smallest absolute Gasteiger partial charge is 0.260 e. The van der Waals surface area contributed by atoms with E-state index < -0.39 is 0 Å². The van der Waals surface area contributed by atoms with Gasteiger partial charge in [-0.3, -0.25) is 9.59 Å². The number of amides is 2. The van der Waals surface area contributed by atoms with Crippen molar-refractivity contribution in [3.8, 4) is 5.75 Å². The van der Waals surface area contributed by atoms with E-state index in [1.807, 2.05) is 47.4 Å². The summed E-state index contributed by atoms with van der Waals surface area (Å²) in [6.07, 6.45) is 1.93. The van der Waals surface area contributed by atoms with E-state index >= 15 is 0 Å². The van der Waals surface area contributed by atoms with E-state index in [9.17, 15) is 9.59 Å². The van der Waals surface area contributed by atoms with Crippen LogP contribution in [0.5, 0.6) is 5.75 Å². The molecule has 2 amide bonds. The van der Waals surface area contributed by atoms with Gasteiger partial charge >= 0.3 is 0 Å². The van der Waals surface area contributed by atoms with E-state index in [0.29, 0.717) is 19.5 Å². The van der Waals surface area contributed by atoms with E-state index in [1.165, 1.54) is 5.56 Å². The van der Waals surface area contributed by atoms with Gasteiger partial charge < -0.3 is 15.0 Å². The number of carbonyl (C=O) groups excluding carboxylic acids is 2. The van der Waals surface area contributed by atoms with Gasteiger partial charge in [0.2, 0.25) is 5.91 Å². The van der Waals surface area contributed by atoms with Gasteiger partial charge in [-0.2, -0.15) is 0 Å². The molecule has 0 aliphatic carbocycles. The summed E-state index contributed by atoms with van der Waals surface area (Å²) in [6, 6.07) is 16.0. The molecule has 0 unspecified atom stereocenters. The Morgan fingerprint density at radius 1 is 1.06 bits per heavy atom. The molecule has 1 aliphatic rings. The van der Waals surface area contributed by atoms with Gasteiger partial charge in [0.25, 0.3) is 5.91 Å². The molecule has 1 N–H and O–H groups in total. The molecule has 5 nitrogen and oxygen atoms in total. The predicted octanol–water partition coefficient (Wildman–Crippen LogP) is 4.02. The van der Waals surface area contributed by atoms with Crippen LogP contribution in [0.3, 0.4) is 0 Å². The van der Waals surface area contributed by atoms with Crippen LogP contribution in [0.1, 0.15) is 50.3 Å². The Morgan fingerprint density at radius 3 is 2.39 bits per heavy atom. The van der Waals surface area contributed by atoms with Crippen LogP contribution >= 0.6 is 0 Å². The van der Waals surface area contributed by atoms with Gasteiger partial charge in [-0.05, 0) is 42.4 Å². The molecular formula is C26H34N2O3. The number of rotatable bonds is 6. The molecule has 0 saturated carbocycles. The van der Waals surface area contributed by atoms with Crippen LogP contribution in [-0.2, 0) is 21.4 Å². The highest BCUT2D eigenvalue weighted by atomic mass is 16.5. The maximum absolute atomic E-state index is 12.7. The van der Waals surface area contributed by atoms with Crippen molar-refractivity contribution in [1.29, 1.82) is 0 Å². The first-order valence-corrected chi connectivity index (χ1v) is 11.1. The molecule has 0 atom stereocenters. The fourth-order valence-electron chi connectivity index (χ4n) is 3.92. The van der Waals surface area contributed by atoms with Crippen LogP contribution in [0.25, 0.3) is 0 Å². The molecule has 0 radical (unpaired) electrons. The van der Waals surface area contributed by atoms with Gasteiger partial charge in [0.05, 0.1) is 6.42 Å². The zero-order valence-electron chi connectivity index (χ0n) is 19.1. The summed E-state index contributed by atoms with van der Waals surface area (Å²) in [4.78, 5) is 26.8. The van der Waals surface area contributed by atoms with Crippen molar-refractivity contribution in [2.45, 2.75) is 58.4 Å². The van der Waals surface area contributed by atoms with Crippen molar-refractivity contribution in [1.82, 2.24) is 10.2 Å². The number of carbonyl (C=O) groups is 2. The Morgan fingerprint density at radius 2 is 1.74 bits per heavy atom. The minimum absolute atomic E-state index is 0.00510. The summed E-state index contributed by atoms with van der Waals surface area (Å²) < 4.78 is 5.93. The van der Waals surface area contributed by atoms with Crippen LogP contribution < -0.4 is 10.1 Å². The molecule has 1 fully saturated rings. The minimum atomic E-state index is -0.0549. The maximum Gasteiger partial charge on any atom is 0.260 e. The first-order chi connectivity index (χ1) is 14.7. The first kappa shape index (κ1) is 22.9. The number of benzene rings is 2. The molecule has 0 spiro atoms. The molecule has 3 rings (SSSR count). The van der Waals surface area contributed by atoms with Crippen molar-refractivity contribution in [3.05, 3.63) is 65.2 Å². The Kier molecular flexibility index (Phi) is 7.37. The second kappa shape index (κ2) is 9.99. The lowest BCUT2D eigenvalue weighted by Gasteiger charge is -2.32. The summed E-state index contributed by atoms with van der Waals surface area (Å²) >= 11 is 0. The average Bonchev–Trinajstić information content (AvgIpc) is 2.73. The second-order valence-corrected chi connectivity index (χ2v) is 9.42. The lowest BCUT2D eigenvalue weighted by molar-refractivity contribution is -0.134. The number of piperidine rings is 1. The summed E-state index contributed by atoms with van der Waals surface area (Å²) in [7, 11) is 0. The fraction of sp³-hybridized carbons (Fsp3) is 0.462. The van der Waals surface area contributed by atoms with E-state index in [0.717, 1.165) is 29.7 Å². The highest BCUT2D eigenvalue weighted by Gasteiger charge is 2.25. The molecule has 0 aromatic heterocycles. The fourth-order valence-corrected chi connectivity index (χ4v) is 3.92. The number of ether oxygens (including phenoxy) is 1. The summed E-state index contributed by atoms with van der Waals surface area (Å²) in [5, 5.41) is 3.11. The van der Waals surface area contributed by atoms with E-state index in [-0.39, 0.29) is 29.9 Å². The van der Waals surface area contributed by atoms with E-state index in [4.69, 9.17) is 4.74 Å². The first-order valence-electron chi connectivity index (χ1n) is 11.1. The Bertz CT molecular complexity index is 895. The Balaban J connectivity index is 1.46. The van der Waals surface area contributed by atoms with Crippen LogP contribution in [0.4, 0.5) is 0 Å². The third-order valence-electron chi connectivity index (χ3n) is 5.71. The summed E-state index contributed by atoms with van der Waals surface area (Å²) in [6.45, 7) is 9.81. The lowest BCUT2D eigenvalue weighted by atomic mass is 9.85. The average molecular weight is 423 g/mol. The van der Waals surface area contributed by atoms with Crippen LogP contribution in [0.15, 0.2) is 48.5 Å². The second-order valence-electron chi connectivity index (χ2n) is 9.42. The number of hydrogen-bond acceptors (Lipinski definition) is 3. The molecule has 166 valence electrons. The van der Waals surface area contributed by atoms with E-state index in [1.54, 1.807) is 0 Å². The van der Waals surface area contributed by atoms with Gasteiger partial charge in [-0.25, -0.2) is 0 Å². The Hall–Kier alpha value is -2.82. The van der Waals surface area contributed by atoms with Crippen molar-refractivity contribution >= 4 is 11.8 Å². The van der Waals surface area contributed by atoms with Crippen LogP contribution in [0.2, 0.25) is 0 Å². The zero-order valence-corrected chi connectivity index (χ0v) is 19.1. The van der Waals surface area contributed by atoms with Crippen molar-refractivity contribution in [2.24, 2.45) is 0 Å². The van der Waals surface area contributed by atoms with Crippen LogP contribution in [0, 0.1) is 6.92 Å². The van der Waals surface area contributed by atoms with Gasteiger partial charge in [-0.15, -0.1) is 0 Å². The molecule has 31 heavy (non-hydrogen) atoms. The number of nitrogens with zero attached hydrogens (tertiary/aromatic N) is 1. The topological polar surface area (TPSA) is 58.6 Å². The molecule has 1 heterocycles. The van der Waals surface area contributed by atoms with Gasteiger partial charge in [0.1, 0.15) is 5.75 Å². The minimum Gasteiger partial charge on any atom is -0.483 e. The SMILES string of the molecule is Cc1ccc(OCC(=O)N2CCC(NC(=O)Cc3ccccc3)CC2)c(C(C)(C)C)c1. The highest BCUT2D eigenvalue weighted by molar-refractivity contribution is 5.79. The zero-order chi connectivity index (χ0) is 22.4. The normalized spacial score (nSPS) is 14.9. The quantitative estimate of drug-likeness (QED) is 0.765. The monoisotopic (exact) mass is 422 g/mol. The molecule has 1 saturated heterocycles. The molecule has 2 aromatic rings. The van der Waals surface area contributed by atoms with Crippen molar-refractivity contribution in [2.75, 3.05) is 19.7 Å². The maximum atomic E-state index is 12.7. The largest absolute Gasteiger partial charge is 0.483 e. The number of aryl methyl sites for hydroxylation is 1. The molecular weight excluding hydrogens is 388 g/mol. The summed E-state index contributed by atoms with van der Waals surface area (Å²) in [5.74, 6) is 0.803. The Labute approximate surface area is 185 Å². The summed E-state index contributed by atoms with van der Waals surface area (Å²) in [5.41, 5.74) is 3.25. The van der Waals surface area contributed by atoms with Crippen LogP contribution in [-0.4, -0.2) is 42.5 Å². The van der Waals surface area contributed by atoms with Gasteiger partial charge in [0.15, 0.2) is 6.61 Å². The van der Waals surface area contributed by atoms with Gasteiger partial charge in [-0.1, -0.05) is 68.8 Å².